The topological polar surface area (TPSA) is 90.0 Å². The largest absolute Gasteiger partial charge is 0.358 e. The monoisotopic (exact) mass is 484 g/mol. The van der Waals surface area contributed by atoms with Gasteiger partial charge in [0.15, 0.2) is 0 Å². The second-order valence-corrected chi connectivity index (χ2v) is 11.2. The van der Waals surface area contributed by atoms with Crippen LogP contribution in [0.3, 0.4) is 0 Å². The zero-order valence-electron chi connectivity index (χ0n) is 19.7. The van der Waals surface area contributed by atoms with Crippen molar-refractivity contribution in [1.29, 1.82) is 0 Å². The van der Waals surface area contributed by atoms with E-state index in [-0.39, 0.29) is 29.3 Å². The van der Waals surface area contributed by atoms with Crippen molar-refractivity contribution < 1.29 is 18.0 Å². The van der Waals surface area contributed by atoms with Gasteiger partial charge in [0, 0.05) is 27.2 Å². The molecule has 1 fully saturated rings. The molecule has 1 unspecified atom stereocenters. The van der Waals surface area contributed by atoms with Crippen LogP contribution in [-0.4, -0.2) is 64.3 Å². The van der Waals surface area contributed by atoms with Crippen molar-refractivity contribution in [1.82, 2.24) is 9.62 Å². The summed E-state index contributed by atoms with van der Waals surface area (Å²) in [5.74, 6) is -0.400. The highest BCUT2D eigenvalue weighted by atomic mass is 32.2. The first-order chi connectivity index (χ1) is 16.3. The molecule has 9 heteroatoms. The molecule has 2 aromatic rings. The van der Waals surface area contributed by atoms with Crippen LogP contribution in [-0.2, 0) is 26.0 Å². The highest BCUT2D eigenvalue weighted by molar-refractivity contribution is 7.89. The van der Waals surface area contributed by atoms with Gasteiger partial charge in [0.1, 0.15) is 12.6 Å². The number of sulfonamides is 1. The van der Waals surface area contributed by atoms with Crippen molar-refractivity contribution >= 4 is 33.2 Å². The number of aryl methyl sites for hydroxylation is 1. The van der Waals surface area contributed by atoms with E-state index in [1.807, 2.05) is 18.2 Å². The van der Waals surface area contributed by atoms with Crippen LogP contribution >= 0.6 is 0 Å². The van der Waals surface area contributed by atoms with Crippen LogP contribution in [0.1, 0.15) is 31.2 Å². The number of carbonyl (C=O) groups is 2. The number of carbonyl (C=O) groups excluding carboxylic acids is 2. The van der Waals surface area contributed by atoms with Gasteiger partial charge in [0.2, 0.25) is 21.8 Å². The summed E-state index contributed by atoms with van der Waals surface area (Å²) in [5, 5.41) is 2.91. The standard InChI is InChI=1S/C25H32N4O4S/c1-27(2)34(32,33)20-13-14-21-23(17-20)29(25(31)22-12-6-7-16-28(21)22)18-24(30)26-15-8-11-19-9-4-3-5-10-19/h3-5,9-10,13-14,17,22H,6-8,11-12,15-16,18H2,1-2H3,(H,26,30). The molecule has 0 aromatic heterocycles. The number of nitrogens with one attached hydrogen (secondary N) is 1. The molecule has 2 aromatic carbocycles. The second kappa shape index (κ2) is 10.1. The molecule has 2 aliphatic heterocycles. The zero-order valence-corrected chi connectivity index (χ0v) is 20.6. The van der Waals surface area contributed by atoms with Gasteiger partial charge < -0.3 is 10.2 Å². The molecule has 0 radical (unpaired) electrons. The summed E-state index contributed by atoms with van der Waals surface area (Å²) in [7, 11) is -0.730. The van der Waals surface area contributed by atoms with Crippen LogP contribution in [0.5, 0.6) is 0 Å². The Bertz CT molecular complexity index is 1150. The predicted molar refractivity (Wildman–Crippen MR) is 132 cm³/mol. The molecule has 8 nitrogen and oxygen atoms in total. The summed E-state index contributed by atoms with van der Waals surface area (Å²) in [6, 6.07) is 14.6. The van der Waals surface area contributed by atoms with Crippen LogP contribution < -0.4 is 15.1 Å². The van der Waals surface area contributed by atoms with Gasteiger partial charge in [-0.05, 0) is 55.9 Å². The first-order valence-corrected chi connectivity index (χ1v) is 13.2. The Morgan fingerprint density at radius 1 is 1.09 bits per heavy atom. The summed E-state index contributed by atoms with van der Waals surface area (Å²) < 4.78 is 26.6. The molecular formula is C25H32N4O4S. The number of nitrogens with zero attached hydrogens (tertiary/aromatic N) is 3. The maximum Gasteiger partial charge on any atom is 0.250 e. The number of amides is 2. The van der Waals surface area contributed by atoms with Gasteiger partial charge in [-0.15, -0.1) is 0 Å². The quantitative estimate of drug-likeness (QED) is 0.581. The Labute approximate surface area is 201 Å². The minimum atomic E-state index is -3.68. The van der Waals surface area contributed by atoms with Crippen LogP contribution in [0, 0.1) is 0 Å². The van der Waals surface area contributed by atoms with Crippen molar-refractivity contribution in [2.45, 2.75) is 43.0 Å². The molecule has 2 aliphatic rings. The van der Waals surface area contributed by atoms with E-state index in [1.165, 1.54) is 30.6 Å². The van der Waals surface area contributed by atoms with Crippen LogP contribution in [0.15, 0.2) is 53.4 Å². The van der Waals surface area contributed by atoms with E-state index in [2.05, 4.69) is 22.3 Å². The van der Waals surface area contributed by atoms with Crippen molar-refractivity contribution in [2.24, 2.45) is 0 Å². The van der Waals surface area contributed by atoms with E-state index in [4.69, 9.17) is 0 Å². The molecule has 1 N–H and O–H groups in total. The van der Waals surface area contributed by atoms with Crippen molar-refractivity contribution in [3.05, 3.63) is 54.1 Å². The van der Waals surface area contributed by atoms with E-state index < -0.39 is 10.0 Å². The number of hydrogen-bond donors (Lipinski definition) is 1. The highest BCUT2D eigenvalue weighted by Crippen LogP contribution is 2.40. The molecule has 2 amide bonds. The molecule has 4 rings (SSSR count). The lowest BCUT2D eigenvalue weighted by molar-refractivity contribution is -0.125. The number of hydrogen-bond acceptors (Lipinski definition) is 5. The van der Waals surface area contributed by atoms with E-state index in [9.17, 15) is 18.0 Å². The Kier molecular flexibility index (Phi) is 7.23. The predicted octanol–water partition coefficient (Wildman–Crippen LogP) is 2.39. The average Bonchev–Trinajstić information content (AvgIpc) is 2.84. The lowest BCUT2D eigenvalue weighted by Gasteiger charge is -2.45. The highest BCUT2D eigenvalue weighted by Gasteiger charge is 2.40. The first-order valence-electron chi connectivity index (χ1n) is 11.7. The first kappa shape index (κ1) is 24.2. The summed E-state index contributed by atoms with van der Waals surface area (Å²) in [6.07, 6.45) is 4.31. The molecular weight excluding hydrogens is 452 g/mol. The molecule has 182 valence electrons. The Balaban J connectivity index is 1.52. The second-order valence-electron chi connectivity index (χ2n) is 9.01. The molecule has 0 spiro atoms. The fourth-order valence-electron chi connectivity index (χ4n) is 4.64. The number of rotatable bonds is 8. The van der Waals surface area contributed by atoms with Gasteiger partial charge >= 0.3 is 0 Å². The van der Waals surface area contributed by atoms with Crippen molar-refractivity contribution in [2.75, 3.05) is 43.5 Å². The Hall–Kier alpha value is -2.91. The van der Waals surface area contributed by atoms with E-state index in [1.54, 1.807) is 12.1 Å². The Morgan fingerprint density at radius 3 is 2.59 bits per heavy atom. The number of benzene rings is 2. The van der Waals surface area contributed by atoms with Gasteiger partial charge in [0.05, 0.1) is 16.3 Å². The maximum atomic E-state index is 13.4. The number of piperidine rings is 1. The maximum absolute atomic E-state index is 13.4. The summed E-state index contributed by atoms with van der Waals surface area (Å²) in [5.41, 5.74) is 2.49. The fraction of sp³-hybridized carbons (Fsp3) is 0.440. The Morgan fingerprint density at radius 2 is 1.85 bits per heavy atom. The van der Waals surface area contributed by atoms with Crippen LogP contribution in [0.2, 0.25) is 0 Å². The van der Waals surface area contributed by atoms with E-state index in [0.717, 1.165) is 48.6 Å². The van der Waals surface area contributed by atoms with Crippen molar-refractivity contribution in [3.8, 4) is 0 Å². The third-order valence-corrected chi connectivity index (χ3v) is 8.30. The van der Waals surface area contributed by atoms with E-state index >= 15 is 0 Å². The van der Waals surface area contributed by atoms with Crippen LogP contribution in [0.4, 0.5) is 11.4 Å². The number of anilines is 2. The minimum absolute atomic E-state index is 0.104. The normalized spacial score (nSPS) is 18.0. The summed E-state index contributed by atoms with van der Waals surface area (Å²) >= 11 is 0. The van der Waals surface area contributed by atoms with E-state index in [0.29, 0.717) is 12.2 Å². The van der Waals surface area contributed by atoms with Crippen molar-refractivity contribution in [3.63, 3.8) is 0 Å². The number of fused-ring (bicyclic) bond motifs is 3. The van der Waals surface area contributed by atoms with Gasteiger partial charge in [0.25, 0.3) is 0 Å². The third-order valence-electron chi connectivity index (χ3n) is 6.49. The molecule has 34 heavy (non-hydrogen) atoms. The molecule has 2 heterocycles. The van der Waals surface area contributed by atoms with Gasteiger partial charge in [-0.2, -0.15) is 0 Å². The lowest BCUT2D eigenvalue weighted by atomic mass is 9.96. The minimum Gasteiger partial charge on any atom is -0.358 e. The third kappa shape index (κ3) is 4.95. The summed E-state index contributed by atoms with van der Waals surface area (Å²) in [6.45, 7) is 1.11. The average molecular weight is 485 g/mol. The zero-order chi connectivity index (χ0) is 24.3. The van der Waals surface area contributed by atoms with Gasteiger partial charge in [-0.1, -0.05) is 30.3 Å². The fourth-order valence-corrected chi connectivity index (χ4v) is 5.56. The lowest BCUT2D eigenvalue weighted by Crippen LogP contribution is -2.57. The molecule has 1 saturated heterocycles. The molecule has 0 aliphatic carbocycles. The van der Waals surface area contributed by atoms with Gasteiger partial charge in [-0.25, -0.2) is 12.7 Å². The molecule has 1 atom stereocenters. The van der Waals surface area contributed by atoms with Crippen LogP contribution in [0.25, 0.3) is 0 Å². The SMILES string of the molecule is CN(C)S(=O)(=O)c1ccc2c(c1)N(CC(=O)NCCCc1ccccc1)C(=O)C1CCCCN21. The summed E-state index contributed by atoms with van der Waals surface area (Å²) in [4.78, 5) is 29.8. The molecule has 0 saturated carbocycles. The smallest absolute Gasteiger partial charge is 0.250 e. The van der Waals surface area contributed by atoms with Gasteiger partial charge in [-0.3, -0.25) is 14.5 Å². The molecule has 0 bridgehead atoms.